The first-order valence-corrected chi connectivity index (χ1v) is 6.37. The molecular formula is C17H14FNO2. The number of nitrogens with one attached hydrogen (secondary N) is 1. The van der Waals surface area contributed by atoms with Gasteiger partial charge in [-0.1, -0.05) is 11.8 Å². The maximum atomic E-state index is 13.2. The highest BCUT2D eigenvalue weighted by molar-refractivity contribution is 6.04. The number of anilines is 1. The predicted octanol–water partition coefficient (Wildman–Crippen LogP) is 2.73. The van der Waals surface area contributed by atoms with Crippen molar-refractivity contribution < 1.29 is 14.3 Å². The maximum absolute atomic E-state index is 13.2. The minimum Gasteiger partial charge on any atom is -0.384 e. The number of hydrogen-bond donors (Lipinski definition) is 2. The van der Waals surface area contributed by atoms with Crippen molar-refractivity contribution >= 4 is 11.6 Å². The summed E-state index contributed by atoms with van der Waals surface area (Å²) in [6.07, 6.45) is 0. The average Bonchev–Trinajstić information content (AvgIpc) is 2.49. The number of amides is 1. The summed E-state index contributed by atoms with van der Waals surface area (Å²) < 4.78 is 13.2. The van der Waals surface area contributed by atoms with Crippen LogP contribution in [0.4, 0.5) is 10.1 Å². The summed E-state index contributed by atoms with van der Waals surface area (Å²) in [6.45, 7) is 1.42. The summed E-state index contributed by atoms with van der Waals surface area (Å²) in [5.41, 5.74) is 2.20. The number of halogens is 1. The maximum Gasteiger partial charge on any atom is 0.255 e. The van der Waals surface area contributed by atoms with Gasteiger partial charge in [-0.2, -0.15) is 0 Å². The van der Waals surface area contributed by atoms with Gasteiger partial charge in [0.15, 0.2) is 0 Å². The lowest BCUT2D eigenvalue weighted by Gasteiger charge is -2.06. The Morgan fingerprint density at radius 2 is 1.95 bits per heavy atom. The van der Waals surface area contributed by atoms with Crippen LogP contribution >= 0.6 is 0 Å². The molecule has 0 heterocycles. The molecule has 2 aromatic rings. The molecule has 106 valence electrons. The van der Waals surface area contributed by atoms with Crippen LogP contribution in [-0.2, 0) is 0 Å². The van der Waals surface area contributed by atoms with Crippen molar-refractivity contribution in [2.24, 2.45) is 0 Å². The van der Waals surface area contributed by atoms with Gasteiger partial charge in [-0.25, -0.2) is 4.39 Å². The van der Waals surface area contributed by atoms with E-state index in [2.05, 4.69) is 17.2 Å². The van der Waals surface area contributed by atoms with Crippen LogP contribution in [0.15, 0.2) is 42.5 Å². The zero-order chi connectivity index (χ0) is 15.2. The van der Waals surface area contributed by atoms with Crippen LogP contribution in [0.1, 0.15) is 21.5 Å². The van der Waals surface area contributed by atoms with Crippen LogP contribution < -0.4 is 5.32 Å². The van der Waals surface area contributed by atoms with Gasteiger partial charge >= 0.3 is 0 Å². The van der Waals surface area contributed by atoms with Crippen LogP contribution in [0.25, 0.3) is 0 Å². The van der Waals surface area contributed by atoms with Crippen molar-refractivity contribution in [1.29, 1.82) is 0 Å². The highest BCUT2D eigenvalue weighted by Gasteiger charge is 2.08. The Bertz CT molecular complexity index is 712. The van der Waals surface area contributed by atoms with Gasteiger partial charge in [0, 0.05) is 16.8 Å². The number of benzene rings is 2. The van der Waals surface area contributed by atoms with E-state index >= 15 is 0 Å². The van der Waals surface area contributed by atoms with E-state index in [-0.39, 0.29) is 18.3 Å². The summed E-state index contributed by atoms with van der Waals surface area (Å²) >= 11 is 0. The first-order valence-electron chi connectivity index (χ1n) is 6.37. The summed E-state index contributed by atoms with van der Waals surface area (Å²) in [6, 6.07) is 11.1. The van der Waals surface area contributed by atoms with Crippen LogP contribution in [0, 0.1) is 24.6 Å². The van der Waals surface area contributed by atoms with E-state index in [0.717, 1.165) is 5.56 Å². The molecule has 0 saturated heterocycles. The van der Waals surface area contributed by atoms with E-state index < -0.39 is 0 Å². The molecule has 0 fully saturated rings. The normalized spacial score (nSPS) is 9.67. The molecule has 2 aromatic carbocycles. The van der Waals surface area contributed by atoms with Gasteiger partial charge in [0.25, 0.3) is 5.91 Å². The minimum absolute atomic E-state index is 0.192. The molecule has 0 aromatic heterocycles. The molecule has 21 heavy (non-hydrogen) atoms. The number of aliphatic hydroxyl groups is 1. The second kappa shape index (κ2) is 6.69. The van der Waals surface area contributed by atoms with E-state index in [1.165, 1.54) is 18.2 Å². The van der Waals surface area contributed by atoms with Crippen molar-refractivity contribution in [1.82, 2.24) is 0 Å². The predicted molar refractivity (Wildman–Crippen MR) is 79.5 cm³/mol. The Labute approximate surface area is 122 Å². The second-order valence-electron chi connectivity index (χ2n) is 4.46. The van der Waals surface area contributed by atoms with Crippen LogP contribution in [0.3, 0.4) is 0 Å². The third kappa shape index (κ3) is 3.91. The summed E-state index contributed by atoms with van der Waals surface area (Å²) in [5.74, 6) is 4.68. The largest absolute Gasteiger partial charge is 0.384 e. The Balaban J connectivity index is 2.10. The number of hydrogen-bond acceptors (Lipinski definition) is 2. The van der Waals surface area contributed by atoms with Crippen molar-refractivity contribution in [3.8, 4) is 11.8 Å². The second-order valence-corrected chi connectivity index (χ2v) is 4.46. The third-order valence-electron chi connectivity index (χ3n) is 2.87. The molecule has 0 spiro atoms. The van der Waals surface area contributed by atoms with Gasteiger partial charge in [0.1, 0.15) is 12.4 Å². The van der Waals surface area contributed by atoms with Crippen LogP contribution in [-0.4, -0.2) is 17.6 Å². The van der Waals surface area contributed by atoms with Crippen molar-refractivity contribution in [3.05, 3.63) is 65.0 Å². The monoisotopic (exact) mass is 283 g/mol. The Morgan fingerprint density at radius 1 is 1.24 bits per heavy atom. The van der Waals surface area contributed by atoms with Gasteiger partial charge in [0.05, 0.1) is 0 Å². The van der Waals surface area contributed by atoms with Crippen LogP contribution in [0.5, 0.6) is 0 Å². The summed E-state index contributed by atoms with van der Waals surface area (Å²) in [4.78, 5) is 12.0. The molecule has 0 bridgehead atoms. The molecule has 0 unspecified atom stereocenters. The average molecular weight is 283 g/mol. The molecule has 1 amide bonds. The SMILES string of the molecule is Cc1cc(C(=O)Nc2ccc(C#CCO)cc2)ccc1F. The smallest absolute Gasteiger partial charge is 0.255 e. The van der Waals surface area contributed by atoms with E-state index in [1.54, 1.807) is 31.2 Å². The number of carbonyl (C=O) groups excluding carboxylic acids is 1. The van der Waals surface area contributed by atoms with E-state index in [9.17, 15) is 9.18 Å². The molecule has 0 radical (unpaired) electrons. The quantitative estimate of drug-likeness (QED) is 0.833. The minimum atomic E-state index is -0.335. The molecule has 0 aliphatic carbocycles. The molecule has 0 aliphatic rings. The third-order valence-corrected chi connectivity index (χ3v) is 2.87. The lowest BCUT2D eigenvalue weighted by molar-refractivity contribution is 0.102. The lowest BCUT2D eigenvalue weighted by Crippen LogP contribution is -2.12. The van der Waals surface area contributed by atoms with Gasteiger partial charge < -0.3 is 10.4 Å². The fraction of sp³-hybridized carbons (Fsp3) is 0.118. The van der Waals surface area contributed by atoms with Gasteiger partial charge in [0.2, 0.25) is 0 Å². The molecule has 2 rings (SSSR count). The highest BCUT2D eigenvalue weighted by atomic mass is 19.1. The number of carbonyl (C=O) groups is 1. The van der Waals surface area contributed by atoms with Crippen molar-refractivity contribution in [2.45, 2.75) is 6.92 Å². The molecule has 2 N–H and O–H groups in total. The molecule has 0 atom stereocenters. The first kappa shape index (κ1) is 14.8. The highest BCUT2D eigenvalue weighted by Crippen LogP contribution is 2.13. The Hall–Kier alpha value is -2.64. The van der Waals surface area contributed by atoms with Crippen molar-refractivity contribution in [2.75, 3.05) is 11.9 Å². The Kier molecular flexibility index (Phi) is 4.70. The number of rotatable bonds is 2. The fourth-order valence-electron chi connectivity index (χ4n) is 1.77. The Morgan fingerprint density at radius 3 is 2.57 bits per heavy atom. The summed E-state index contributed by atoms with van der Waals surface area (Å²) in [7, 11) is 0. The van der Waals surface area contributed by atoms with E-state index in [4.69, 9.17) is 5.11 Å². The van der Waals surface area contributed by atoms with Crippen LogP contribution in [0.2, 0.25) is 0 Å². The number of aliphatic hydroxyl groups excluding tert-OH is 1. The molecule has 0 aliphatic heterocycles. The molecule has 4 heteroatoms. The van der Waals surface area contributed by atoms with E-state index in [1.807, 2.05) is 0 Å². The van der Waals surface area contributed by atoms with Gasteiger partial charge in [-0.05, 0) is 55.0 Å². The standard InChI is InChI=1S/C17H14FNO2/c1-12-11-14(6-9-16(12)18)17(21)19-15-7-4-13(5-8-15)3-2-10-20/h4-9,11,20H,10H2,1H3,(H,19,21). The molecule has 3 nitrogen and oxygen atoms in total. The first-order chi connectivity index (χ1) is 10.1. The zero-order valence-corrected chi connectivity index (χ0v) is 11.5. The lowest BCUT2D eigenvalue weighted by atomic mass is 10.1. The zero-order valence-electron chi connectivity index (χ0n) is 11.5. The van der Waals surface area contributed by atoms with E-state index in [0.29, 0.717) is 16.8 Å². The van der Waals surface area contributed by atoms with Gasteiger partial charge in [-0.3, -0.25) is 4.79 Å². The number of aryl methyl sites for hydroxylation is 1. The van der Waals surface area contributed by atoms with Crippen molar-refractivity contribution in [3.63, 3.8) is 0 Å². The topological polar surface area (TPSA) is 49.3 Å². The summed E-state index contributed by atoms with van der Waals surface area (Å²) in [5, 5.41) is 11.3. The molecular weight excluding hydrogens is 269 g/mol. The van der Waals surface area contributed by atoms with Gasteiger partial charge in [-0.15, -0.1) is 0 Å². The molecule has 0 saturated carbocycles. The fourth-order valence-corrected chi connectivity index (χ4v) is 1.77.